The molecule has 0 saturated heterocycles. The van der Waals surface area contributed by atoms with Gasteiger partial charge < -0.3 is 4.74 Å². The Morgan fingerprint density at radius 3 is 2.27 bits per heavy atom. The number of esters is 1. The Balaban J connectivity index is 1.99. The summed E-state index contributed by atoms with van der Waals surface area (Å²) in [4.78, 5) is 12.4. The lowest BCUT2D eigenvalue weighted by Crippen LogP contribution is -2.13. The monoisotopic (exact) mass is 372 g/mol. The van der Waals surface area contributed by atoms with E-state index in [4.69, 9.17) is 16.3 Å². The van der Waals surface area contributed by atoms with Gasteiger partial charge in [0.2, 0.25) is 5.88 Å². The number of benzene rings is 2. The predicted molar refractivity (Wildman–Crippen MR) is 98.6 cm³/mol. The Kier molecular flexibility index (Phi) is 4.83. The first-order valence-corrected chi connectivity index (χ1v) is 8.46. The molecule has 26 heavy (non-hydrogen) atoms. The lowest BCUT2D eigenvalue weighted by atomic mass is 9.93. The highest BCUT2D eigenvalue weighted by atomic mass is 35.5. The van der Waals surface area contributed by atoms with Crippen LogP contribution in [0.2, 0.25) is 5.02 Å². The van der Waals surface area contributed by atoms with Gasteiger partial charge >= 0.3 is 5.97 Å². The Morgan fingerprint density at radius 1 is 1.08 bits per heavy atom. The molecule has 2 aromatic carbocycles. The second-order valence-electron chi connectivity index (χ2n) is 6.90. The molecule has 0 amide bonds. The van der Waals surface area contributed by atoms with Gasteiger partial charge in [-0.3, -0.25) is 0 Å². The summed E-state index contributed by atoms with van der Waals surface area (Å²) in [6.07, 6.45) is 0. The van der Waals surface area contributed by atoms with Crippen LogP contribution in [0.15, 0.2) is 54.6 Å². The molecule has 0 aliphatic rings. The molecule has 0 aliphatic carbocycles. The minimum atomic E-state index is -0.583. The Bertz CT molecular complexity index is 926. The third-order valence-electron chi connectivity index (χ3n) is 3.79. The summed E-state index contributed by atoms with van der Waals surface area (Å²) >= 11 is 5.95. The van der Waals surface area contributed by atoms with Crippen LogP contribution < -0.4 is 4.74 Å². The van der Waals surface area contributed by atoms with Crippen molar-refractivity contribution < 1.29 is 13.9 Å². The molecule has 0 N–H and O–H groups in total. The van der Waals surface area contributed by atoms with Gasteiger partial charge in [0, 0.05) is 16.5 Å². The van der Waals surface area contributed by atoms with Crippen molar-refractivity contribution >= 4 is 17.6 Å². The second-order valence-corrected chi connectivity index (χ2v) is 7.34. The number of ether oxygens (including phenoxy) is 1. The van der Waals surface area contributed by atoms with Crippen LogP contribution in [0.3, 0.4) is 0 Å². The molecule has 0 aliphatic heterocycles. The molecule has 0 fully saturated rings. The van der Waals surface area contributed by atoms with Crippen LogP contribution in [0.1, 0.15) is 36.8 Å². The third-order valence-corrected chi connectivity index (χ3v) is 4.05. The first-order chi connectivity index (χ1) is 12.2. The molecule has 0 atom stereocenters. The number of hydrogen-bond acceptors (Lipinski definition) is 3. The second kappa shape index (κ2) is 6.92. The van der Waals surface area contributed by atoms with E-state index >= 15 is 0 Å². The van der Waals surface area contributed by atoms with Gasteiger partial charge in [-0.25, -0.2) is 13.9 Å². The van der Waals surface area contributed by atoms with E-state index in [1.807, 2.05) is 20.8 Å². The van der Waals surface area contributed by atoms with Crippen molar-refractivity contribution in [1.29, 1.82) is 0 Å². The van der Waals surface area contributed by atoms with Gasteiger partial charge in [0.05, 0.1) is 16.9 Å². The first-order valence-electron chi connectivity index (χ1n) is 8.08. The Labute approximate surface area is 156 Å². The summed E-state index contributed by atoms with van der Waals surface area (Å²) in [6, 6.07) is 14.0. The van der Waals surface area contributed by atoms with Crippen molar-refractivity contribution in [1.82, 2.24) is 9.78 Å². The zero-order valence-electron chi connectivity index (χ0n) is 14.7. The fourth-order valence-corrected chi connectivity index (χ4v) is 2.44. The number of halogens is 2. The number of rotatable bonds is 3. The van der Waals surface area contributed by atoms with Crippen molar-refractivity contribution in [2.45, 2.75) is 26.2 Å². The van der Waals surface area contributed by atoms with E-state index < -0.39 is 11.8 Å². The smallest absolute Gasteiger partial charge is 0.344 e. The summed E-state index contributed by atoms with van der Waals surface area (Å²) < 4.78 is 20.1. The van der Waals surface area contributed by atoms with E-state index in [9.17, 15) is 9.18 Å². The van der Waals surface area contributed by atoms with Crippen molar-refractivity contribution in [3.8, 4) is 11.6 Å². The zero-order valence-corrected chi connectivity index (χ0v) is 15.4. The lowest BCUT2D eigenvalue weighted by Gasteiger charge is -2.13. The van der Waals surface area contributed by atoms with Crippen LogP contribution in [0.4, 0.5) is 4.39 Å². The highest BCUT2D eigenvalue weighted by molar-refractivity contribution is 6.30. The minimum Gasteiger partial charge on any atom is -0.404 e. The SMILES string of the molecule is CC(C)(C)c1cc(OC(=O)c2ccc(F)cc2)n(-c2ccc(Cl)cc2)n1. The molecule has 134 valence electrons. The Morgan fingerprint density at radius 2 is 1.69 bits per heavy atom. The molecule has 0 bridgehead atoms. The largest absolute Gasteiger partial charge is 0.404 e. The average molecular weight is 373 g/mol. The number of hydrogen-bond donors (Lipinski definition) is 0. The van der Waals surface area contributed by atoms with Crippen molar-refractivity contribution in [3.63, 3.8) is 0 Å². The molecule has 6 heteroatoms. The van der Waals surface area contributed by atoms with Gasteiger partial charge in [-0.2, -0.15) is 5.10 Å². The van der Waals surface area contributed by atoms with Gasteiger partial charge in [0.1, 0.15) is 5.82 Å². The molecule has 1 aromatic heterocycles. The normalized spacial score (nSPS) is 11.4. The quantitative estimate of drug-likeness (QED) is 0.595. The molecule has 0 radical (unpaired) electrons. The summed E-state index contributed by atoms with van der Waals surface area (Å²) in [5.41, 5.74) is 1.52. The number of nitrogens with zero attached hydrogens (tertiary/aromatic N) is 2. The third kappa shape index (κ3) is 3.94. The van der Waals surface area contributed by atoms with Crippen LogP contribution in [0, 0.1) is 5.82 Å². The number of carbonyl (C=O) groups excluding carboxylic acids is 1. The molecular weight excluding hydrogens is 355 g/mol. The van der Waals surface area contributed by atoms with E-state index in [-0.39, 0.29) is 16.9 Å². The summed E-state index contributed by atoms with van der Waals surface area (Å²) in [5.74, 6) is -0.713. The van der Waals surface area contributed by atoms with Gasteiger partial charge in [0.25, 0.3) is 0 Å². The van der Waals surface area contributed by atoms with Crippen molar-refractivity contribution in [2.75, 3.05) is 0 Å². The zero-order chi connectivity index (χ0) is 18.9. The lowest BCUT2D eigenvalue weighted by molar-refractivity contribution is 0.0723. The van der Waals surface area contributed by atoms with Crippen LogP contribution in [0.25, 0.3) is 5.69 Å². The molecule has 1 heterocycles. The molecule has 0 saturated carbocycles. The average Bonchev–Trinajstić information content (AvgIpc) is 3.00. The minimum absolute atomic E-state index is 0.227. The van der Waals surface area contributed by atoms with E-state index in [0.29, 0.717) is 10.7 Å². The first kappa shape index (κ1) is 18.1. The number of carbonyl (C=O) groups is 1. The van der Waals surface area contributed by atoms with Crippen LogP contribution >= 0.6 is 11.6 Å². The fraction of sp³-hybridized carbons (Fsp3) is 0.200. The fourth-order valence-electron chi connectivity index (χ4n) is 2.31. The maximum atomic E-state index is 13.1. The number of aromatic nitrogens is 2. The van der Waals surface area contributed by atoms with E-state index in [2.05, 4.69) is 5.10 Å². The predicted octanol–water partition coefficient (Wildman–Crippen LogP) is 5.18. The van der Waals surface area contributed by atoms with Gasteiger partial charge in [-0.1, -0.05) is 32.4 Å². The molecule has 3 rings (SSSR count). The summed E-state index contributed by atoms with van der Waals surface area (Å²) in [6.45, 7) is 6.06. The van der Waals surface area contributed by atoms with Crippen molar-refractivity contribution in [3.05, 3.63) is 76.7 Å². The molecule has 3 aromatic rings. The molecule has 0 unspecified atom stereocenters. The van der Waals surface area contributed by atoms with Gasteiger partial charge in [-0.15, -0.1) is 0 Å². The summed E-state index contributed by atoms with van der Waals surface area (Å²) in [7, 11) is 0. The van der Waals surface area contributed by atoms with Crippen molar-refractivity contribution in [2.24, 2.45) is 0 Å². The molecule has 0 spiro atoms. The van der Waals surface area contributed by atoms with E-state index in [1.165, 1.54) is 24.3 Å². The summed E-state index contributed by atoms with van der Waals surface area (Å²) in [5, 5.41) is 5.18. The highest BCUT2D eigenvalue weighted by Crippen LogP contribution is 2.28. The van der Waals surface area contributed by atoms with Crippen LogP contribution in [-0.2, 0) is 5.41 Å². The maximum absolute atomic E-state index is 13.1. The van der Waals surface area contributed by atoms with Crippen LogP contribution in [0.5, 0.6) is 5.88 Å². The highest BCUT2D eigenvalue weighted by Gasteiger charge is 2.23. The maximum Gasteiger partial charge on any atom is 0.344 e. The van der Waals surface area contributed by atoms with Gasteiger partial charge in [-0.05, 0) is 48.5 Å². The van der Waals surface area contributed by atoms with E-state index in [0.717, 1.165) is 5.69 Å². The molecular formula is C20H18ClFN2O2. The van der Waals surface area contributed by atoms with Crippen LogP contribution in [-0.4, -0.2) is 15.7 Å². The molecule has 4 nitrogen and oxygen atoms in total. The topological polar surface area (TPSA) is 44.1 Å². The standard InChI is InChI=1S/C20H18ClFN2O2/c1-20(2,3)17-12-18(24(23-17)16-10-6-14(21)7-11-16)26-19(25)13-4-8-15(22)9-5-13/h4-12H,1-3H3. The van der Waals surface area contributed by atoms with E-state index in [1.54, 1.807) is 35.0 Å². The van der Waals surface area contributed by atoms with Gasteiger partial charge in [0.15, 0.2) is 0 Å². The Hall–Kier alpha value is -2.66.